The highest BCUT2D eigenvalue weighted by molar-refractivity contribution is 5.96. The largest absolute Gasteiger partial charge is 0.504 e. The number of halogens is 3. The lowest BCUT2D eigenvalue weighted by Crippen LogP contribution is -2.54. The molecule has 5 rings (SSSR count). The van der Waals surface area contributed by atoms with E-state index in [-0.39, 0.29) is 28.5 Å². The summed E-state index contributed by atoms with van der Waals surface area (Å²) in [6.45, 7) is 2.92. The number of aromatic hydroxyl groups is 1. The number of benzene rings is 3. The van der Waals surface area contributed by atoms with Crippen LogP contribution in [0.3, 0.4) is 0 Å². The fourth-order valence-electron chi connectivity index (χ4n) is 5.93. The number of phenols is 1. The third-order valence-electron chi connectivity index (χ3n) is 8.03. The molecule has 0 aliphatic carbocycles. The van der Waals surface area contributed by atoms with Gasteiger partial charge >= 0.3 is 6.18 Å². The number of alkyl halides is 3. The maximum Gasteiger partial charge on any atom is 0.416 e. The van der Waals surface area contributed by atoms with Crippen LogP contribution in [0.1, 0.15) is 55.8 Å². The minimum Gasteiger partial charge on any atom is -0.504 e. The minimum absolute atomic E-state index is 0.0532. The number of phenolic OH excluding ortho intramolecular Hbond substituents is 1. The number of hydrogen-bond acceptors (Lipinski definition) is 4. The average molecular weight is 539 g/mol. The number of fused-ring (bicyclic) bond motifs is 2. The first-order valence-electron chi connectivity index (χ1n) is 12.7. The minimum atomic E-state index is -4.53. The van der Waals surface area contributed by atoms with E-state index in [4.69, 9.17) is 4.74 Å². The molecule has 3 aromatic carbocycles. The summed E-state index contributed by atoms with van der Waals surface area (Å²) in [5, 5.41) is 9.94. The summed E-state index contributed by atoms with van der Waals surface area (Å²) >= 11 is 0. The molecule has 0 radical (unpaired) electrons. The Kier molecular flexibility index (Phi) is 6.78. The van der Waals surface area contributed by atoms with Crippen LogP contribution in [0.25, 0.3) is 0 Å². The maximum absolute atomic E-state index is 13.6. The van der Waals surface area contributed by atoms with Gasteiger partial charge in [-0.15, -0.1) is 0 Å². The number of likely N-dealkylation sites (tertiary alicyclic amines) is 1. The van der Waals surface area contributed by atoms with E-state index in [1.54, 1.807) is 15.9 Å². The zero-order valence-electron chi connectivity index (χ0n) is 21.7. The predicted octanol–water partition coefficient (Wildman–Crippen LogP) is 5.56. The predicted molar refractivity (Wildman–Crippen MR) is 139 cm³/mol. The molecule has 9 heteroatoms. The van der Waals surface area contributed by atoms with Gasteiger partial charge < -0.3 is 19.6 Å². The van der Waals surface area contributed by atoms with Crippen LogP contribution in [0.5, 0.6) is 11.5 Å². The second kappa shape index (κ2) is 9.94. The molecule has 1 spiro atoms. The smallest absolute Gasteiger partial charge is 0.416 e. The Morgan fingerprint density at radius 3 is 2.36 bits per heavy atom. The van der Waals surface area contributed by atoms with Crippen LogP contribution < -0.4 is 4.74 Å². The number of nitrogens with zero attached hydrogens (tertiary/aromatic N) is 2. The van der Waals surface area contributed by atoms with Crippen LogP contribution in [-0.2, 0) is 18.1 Å². The highest BCUT2D eigenvalue weighted by Crippen LogP contribution is 2.43. The van der Waals surface area contributed by atoms with Crippen LogP contribution in [0.2, 0.25) is 0 Å². The zero-order valence-corrected chi connectivity index (χ0v) is 21.7. The Hall–Kier alpha value is -4.01. The van der Waals surface area contributed by atoms with Gasteiger partial charge in [0.15, 0.2) is 11.5 Å². The fraction of sp³-hybridized carbons (Fsp3) is 0.333. The van der Waals surface area contributed by atoms with Gasteiger partial charge in [0.1, 0.15) is 0 Å². The summed E-state index contributed by atoms with van der Waals surface area (Å²) in [5.41, 5.74) is 1.35. The van der Waals surface area contributed by atoms with E-state index in [0.717, 1.165) is 17.2 Å². The monoisotopic (exact) mass is 538 g/mol. The third kappa shape index (κ3) is 4.82. The molecule has 39 heavy (non-hydrogen) atoms. The second-order valence-electron chi connectivity index (χ2n) is 10.3. The van der Waals surface area contributed by atoms with E-state index < -0.39 is 23.1 Å². The zero-order chi connectivity index (χ0) is 27.9. The highest BCUT2D eigenvalue weighted by atomic mass is 19.4. The van der Waals surface area contributed by atoms with Gasteiger partial charge in [0.05, 0.1) is 12.7 Å². The lowest BCUT2D eigenvalue weighted by molar-refractivity contribution is -0.138. The molecule has 2 heterocycles. The number of piperidine rings is 1. The van der Waals surface area contributed by atoms with E-state index in [2.05, 4.69) is 6.07 Å². The van der Waals surface area contributed by atoms with Crippen molar-refractivity contribution in [3.63, 3.8) is 0 Å². The first-order valence-corrected chi connectivity index (χ1v) is 12.7. The lowest BCUT2D eigenvalue weighted by Gasteiger charge is -2.48. The molecular weight excluding hydrogens is 509 g/mol. The Morgan fingerprint density at radius 1 is 0.949 bits per heavy atom. The molecular formula is C30H29F3N2O4. The third-order valence-corrected chi connectivity index (χ3v) is 8.03. The summed E-state index contributed by atoms with van der Waals surface area (Å²) < 4.78 is 45.4. The Morgan fingerprint density at radius 2 is 1.67 bits per heavy atom. The average Bonchev–Trinajstić information content (AvgIpc) is 2.92. The van der Waals surface area contributed by atoms with Crippen molar-refractivity contribution in [2.75, 3.05) is 26.7 Å². The Balaban J connectivity index is 1.40. The van der Waals surface area contributed by atoms with E-state index >= 15 is 0 Å². The van der Waals surface area contributed by atoms with Gasteiger partial charge in [-0.1, -0.05) is 30.3 Å². The molecule has 2 amide bonds. The highest BCUT2D eigenvalue weighted by Gasteiger charge is 2.44. The summed E-state index contributed by atoms with van der Waals surface area (Å²) in [7, 11) is 1.42. The van der Waals surface area contributed by atoms with Crippen molar-refractivity contribution >= 4 is 11.8 Å². The SMILES string of the molecule is COc1cc(C(=O)N2Cc3ccccc3C3(CCN(C(=O)c4cccc(C(F)(F)F)c4C)CC3)C2)ccc1O. The number of carbonyl (C=O) groups excluding carboxylic acids is 2. The summed E-state index contributed by atoms with van der Waals surface area (Å²) in [4.78, 5) is 30.3. The van der Waals surface area contributed by atoms with Crippen LogP contribution in [0.4, 0.5) is 13.2 Å². The van der Waals surface area contributed by atoms with Gasteiger partial charge in [0, 0.05) is 42.7 Å². The van der Waals surface area contributed by atoms with E-state index in [0.29, 0.717) is 44.6 Å². The number of ether oxygens (including phenoxy) is 1. The van der Waals surface area contributed by atoms with Crippen molar-refractivity contribution in [2.24, 2.45) is 0 Å². The van der Waals surface area contributed by atoms with Crippen molar-refractivity contribution in [1.29, 1.82) is 0 Å². The molecule has 3 aromatic rings. The molecule has 1 fully saturated rings. The van der Waals surface area contributed by atoms with Gasteiger partial charge in [-0.2, -0.15) is 13.2 Å². The van der Waals surface area contributed by atoms with E-state index in [1.807, 2.05) is 18.2 Å². The maximum atomic E-state index is 13.6. The summed E-state index contributed by atoms with van der Waals surface area (Å²) in [5.74, 6) is -0.450. The Labute approximate surface area is 224 Å². The van der Waals surface area contributed by atoms with Crippen molar-refractivity contribution in [3.05, 3.63) is 94.0 Å². The van der Waals surface area contributed by atoms with Crippen LogP contribution in [0, 0.1) is 6.92 Å². The van der Waals surface area contributed by atoms with Gasteiger partial charge in [0.25, 0.3) is 11.8 Å². The van der Waals surface area contributed by atoms with Gasteiger partial charge in [-0.3, -0.25) is 9.59 Å². The first kappa shape index (κ1) is 26.6. The number of carbonyl (C=O) groups is 2. The second-order valence-corrected chi connectivity index (χ2v) is 10.3. The van der Waals surface area contributed by atoms with Crippen molar-refractivity contribution in [3.8, 4) is 11.5 Å². The van der Waals surface area contributed by atoms with Crippen LogP contribution in [-0.4, -0.2) is 53.5 Å². The van der Waals surface area contributed by atoms with Gasteiger partial charge in [0.2, 0.25) is 0 Å². The molecule has 2 aliphatic rings. The van der Waals surface area contributed by atoms with Crippen LogP contribution >= 0.6 is 0 Å². The number of hydrogen-bond donors (Lipinski definition) is 1. The molecule has 0 saturated carbocycles. The summed E-state index contributed by atoms with van der Waals surface area (Å²) in [6.07, 6.45) is -3.40. The van der Waals surface area contributed by atoms with Crippen molar-refractivity contribution in [2.45, 2.75) is 37.9 Å². The lowest BCUT2D eigenvalue weighted by atomic mass is 9.68. The molecule has 1 N–H and O–H groups in total. The normalized spacial score (nSPS) is 16.6. The number of methoxy groups -OCH3 is 1. The molecule has 0 bridgehead atoms. The summed E-state index contributed by atoms with van der Waals surface area (Å²) in [6, 6.07) is 16.2. The number of rotatable bonds is 3. The Bertz CT molecular complexity index is 1430. The first-order chi connectivity index (χ1) is 18.5. The molecule has 6 nitrogen and oxygen atoms in total. The molecule has 204 valence electrons. The number of amides is 2. The van der Waals surface area contributed by atoms with Crippen LogP contribution in [0.15, 0.2) is 60.7 Å². The standard InChI is InChI=1S/C30H29F3N2O4/c1-19-22(7-5-9-23(19)30(31,32)33)28(38)34-14-12-29(13-15-34)18-35(17-21-6-3-4-8-24(21)29)27(37)20-10-11-25(36)26(16-20)39-2/h3-11,16,36H,12-15,17-18H2,1-2H3. The molecule has 2 aliphatic heterocycles. The molecule has 0 unspecified atom stereocenters. The topological polar surface area (TPSA) is 70.1 Å². The molecule has 1 saturated heterocycles. The van der Waals surface area contributed by atoms with E-state index in [1.165, 1.54) is 38.3 Å². The van der Waals surface area contributed by atoms with Crippen molar-refractivity contribution < 1.29 is 32.6 Å². The van der Waals surface area contributed by atoms with Gasteiger partial charge in [-0.25, -0.2) is 0 Å². The van der Waals surface area contributed by atoms with Crippen molar-refractivity contribution in [1.82, 2.24) is 9.80 Å². The fourth-order valence-corrected chi connectivity index (χ4v) is 5.93. The molecule has 0 aromatic heterocycles. The van der Waals surface area contributed by atoms with E-state index in [9.17, 15) is 27.9 Å². The molecule has 0 atom stereocenters. The van der Waals surface area contributed by atoms with Gasteiger partial charge in [-0.05, 0) is 66.8 Å². The quantitative estimate of drug-likeness (QED) is 0.474.